The van der Waals surface area contributed by atoms with Gasteiger partial charge < -0.3 is 43.4 Å². The summed E-state index contributed by atoms with van der Waals surface area (Å²) in [5.74, 6) is -4.13. The summed E-state index contributed by atoms with van der Waals surface area (Å²) in [4.78, 5) is 24.3. The second kappa shape index (κ2) is 16.3. The highest BCUT2D eigenvalue weighted by Crippen LogP contribution is 2.58. The molecule has 0 aromatic heterocycles. The van der Waals surface area contributed by atoms with Crippen molar-refractivity contribution in [2.45, 2.75) is 11.8 Å². The quantitative estimate of drug-likeness (QED) is 0.547. The molecule has 4 bridgehead atoms. The van der Waals surface area contributed by atoms with Gasteiger partial charge in [0, 0.05) is 11.8 Å². The molecule has 3 heterocycles. The highest BCUT2D eigenvalue weighted by molar-refractivity contribution is 5.85. The Hall–Kier alpha value is -3.22. The van der Waals surface area contributed by atoms with Gasteiger partial charge in [0.15, 0.2) is 0 Å². The van der Waals surface area contributed by atoms with Crippen molar-refractivity contribution in [3.63, 3.8) is 0 Å². The number of ether oxygens (including phenoxy) is 7. The van der Waals surface area contributed by atoms with Gasteiger partial charge in [-0.05, 0) is 35.4 Å². The van der Waals surface area contributed by atoms with E-state index in [9.17, 15) is 19.8 Å². The van der Waals surface area contributed by atoms with Crippen LogP contribution in [0.15, 0.2) is 48.5 Å². The van der Waals surface area contributed by atoms with E-state index in [0.29, 0.717) is 90.8 Å². The average Bonchev–Trinajstić information content (AvgIpc) is 2.94. The lowest BCUT2D eigenvalue weighted by Crippen LogP contribution is -2.51. The summed E-state index contributed by atoms with van der Waals surface area (Å²) >= 11 is 0. The second-order valence-corrected chi connectivity index (χ2v) is 9.68. The Balaban J connectivity index is 1.43. The van der Waals surface area contributed by atoms with Crippen LogP contribution in [0.1, 0.15) is 23.0 Å². The largest absolute Gasteiger partial charge is 0.491 e. The number of fused-ring (bicyclic) bond motifs is 2. The maximum absolute atomic E-state index is 12.1. The molecular weight excluding hydrogens is 536 g/mol. The Kier molecular flexibility index (Phi) is 12.2. The zero-order valence-electron chi connectivity index (χ0n) is 23.0. The fraction of sp³-hybridized carbons (Fsp3) is 0.533. The van der Waals surface area contributed by atoms with Crippen LogP contribution in [-0.2, 0) is 33.3 Å². The lowest BCUT2D eigenvalue weighted by atomic mass is 9.52. The molecule has 1 fully saturated rings. The van der Waals surface area contributed by atoms with Crippen LogP contribution in [0.5, 0.6) is 11.5 Å². The molecule has 4 atom stereocenters. The van der Waals surface area contributed by atoms with Crippen LogP contribution in [-0.4, -0.2) is 101 Å². The molecule has 0 amide bonds. The third-order valence-electron chi connectivity index (χ3n) is 7.13. The van der Waals surface area contributed by atoms with Gasteiger partial charge in [0.1, 0.15) is 24.7 Å². The van der Waals surface area contributed by atoms with Gasteiger partial charge in [0.2, 0.25) is 0 Å². The highest BCUT2D eigenvalue weighted by Gasteiger charge is 2.58. The van der Waals surface area contributed by atoms with E-state index in [-0.39, 0.29) is 0 Å². The topological polar surface area (TPSA) is 139 Å². The molecule has 224 valence electrons. The van der Waals surface area contributed by atoms with Gasteiger partial charge in [0.05, 0.1) is 77.9 Å². The summed E-state index contributed by atoms with van der Waals surface area (Å²) in [5, 5.41) is 19.8. The molecule has 0 spiro atoms. The van der Waals surface area contributed by atoms with Crippen LogP contribution in [0.25, 0.3) is 0 Å². The first-order chi connectivity index (χ1) is 20.1. The van der Waals surface area contributed by atoms with Gasteiger partial charge in [-0.2, -0.15) is 0 Å². The van der Waals surface area contributed by atoms with Crippen molar-refractivity contribution >= 4 is 11.9 Å². The number of hydrogen-bond acceptors (Lipinski definition) is 9. The number of carbonyl (C=O) groups is 2. The Morgan fingerprint density at radius 2 is 0.732 bits per heavy atom. The predicted molar refractivity (Wildman–Crippen MR) is 146 cm³/mol. The van der Waals surface area contributed by atoms with Crippen molar-refractivity contribution in [1.82, 2.24) is 0 Å². The van der Waals surface area contributed by atoms with Gasteiger partial charge in [-0.15, -0.1) is 0 Å². The van der Waals surface area contributed by atoms with Gasteiger partial charge in [-0.25, -0.2) is 0 Å². The average molecular weight is 575 g/mol. The number of carboxylic acid groups (broad SMARTS) is 2. The van der Waals surface area contributed by atoms with Crippen molar-refractivity contribution in [2.75, 3.05) is 79.3 Å². The zero-order valence-corrected chi connectivity index (χ0v) is 23.0. The molecule has 1 saturated carbocycles. The van der Waals surface area contributed by atoms with E-state index in [1.54, 1.807) is 48.5 Å². The summed E-state index contributed by atoms with van der Waals surface area (Å²) in [6.45, 7) is 5.09. The van der Waals surface area contributed by atoms with Crippen molar-refractivity contribution in [3.8, 4) is 11.5 Å². The molecule has 3 aliphatic heterocycles. The maximum atomic E-state index is 12.1. The first kappa shape index (κ1) is 30.7. The van der Waals surface area contributed by atoms with Crippen LogP contribution in [0.3, 0.4) is 0 Å². The minimum absolute atomic E-state index is 0.340. The molecule has 1 aliphatic carbocycles. The number of rotatable bonds is 2. The summed E-state index contributed by atoms with van der Waals surface area (Å²) in [6.07, 6.45) is 0. The van der Waals surface area contributed by atoms with Crippen molar-refractivity contribution < 1.29 is 53.0 Å². The first-order valence-electron chi connectivity index (χ1n) is 13.9. The molecule has 0 saturated heterocycles. The Bertz CT molecular complexity index is 987. The first-order valence-corrected chi connectivity index (χ1v) is 13.9. The second-order valence-electron chi connectivity index (χ2n) is 9.68. The van der Waals surface area contributed by atoms with Crippen LogP contribution < -0.4 is 9.47 Å². The fourth-order valence-electron chi connectivity index (χ4n) is 5.18. The molecule has 4 aliphatic rings. The van der Waals surface area contributed by atoms with E-state index in [1.165, 1.54) is 0 Å². The molecule has 11 heteroatoms. The van der Waals surface area contributed by atoms with E-state index in [4.69, 9.17) is 33.2 Å². The normalized spacial score (nSPS) is 25.7. The lowest BCUT2D eigenvalue weighted by molar-refractivity contribution is -0.164. The maximum Gasteiger partial charge on any atom is 0.308 e. The Morgan fingerprint density at radius 3 is 1.00 bits per heavy atom. The SMILES string of the molecule is O=C(O)[C@@H]1[C@H](C(=O)O)[C@H]2c3ccc(cc3)OCCOCCOCCOCCOCCOCCOc3ccc(cc3)[C@@H]12. The van der Waals surface area contributed by atoms with Gasteiger partial charge >= 0.3 is 11.9 Å². The van der Waals surface area contributed by atoms with E-state index < -0.39 is 35.6 Å². The fourth-order valence-corrected chi connectivity index (χ4v) is 5.18. The molecule has 2 aromatic carbocycles. The number of aliphatic carboxylic acids is 2. The number of benzene rings is 2. The van der Waals surface area contributed by atoms with E-state index in [1.807, 2.05) is 0 Å². The Morgan fingerprint density at radius 1 is 0.463 bits per heavy atom. The molecule has 6 rings (SSSR count). The summed E-state index contributed by atoms with van der Waals surface area (Å²) < 4.78 is 39.0. The third-order valence-corrected chi connectivity index (χ3v) is 7.13. The highest BCUT2D eigenvalue weighted by atomic mass is 16.6. The number of hydrogen-bond donors (Lipinski definition) is 2. The molecular formula is C30H38O11. The van der Waals surface area contributed by atoms with Gasteiger partial charge in [0.25, 0.3) is 0 Å². The summed E-state index contributed by atoms with van der Waals surface area (Å²) in [7, 11) is 0. The van der Waals surface area contributed by atoms with Crippen LogP contribution >= 0.6 is 0 Å². The summed E-state index contributed by atoms with van der Waals surface area (Å²) in [6, 6.07) is 14.3. The van der Waals surface area contributed by atoms with Crippen LogP contribution in [0, 0.1) is 11.8 Å². The van der Waals surface area contributed by atoms with E-state index in [2.05, 4.69) is 0 Å². The Labute approximate surface area is 239 Å². The monoisotopic (exact) mass is 574 g/mol. The smallest absolute Gasteiger partial charge is 0.308 e. The third kappa shape index (κ3) is 8.88. The van der Waals surface area contributed by atoms with Crippen LogP contribution in [0.2, 0.25) is 0 Å². The lowest BCUT2D eigenvalue weighted by Gasteiger charge is -2.48. The zero-order chi connectivity index (χ0) is 28.9. The van der Waals surface area contributed by atoms with Crippen molar-refractivity contribution in [3.05, 3.63) is 59.7 Å². The molecule has 11 nitrogen and oxygen atoms in total. The molecule has 41 heavy (non-hydrogen) atoms. The van der Waals surface area contributed by atoms with Crippen LogP contribution in [0.4, 0.5) is 0 Å². The van der Waals surface area contributed by atoms with Crippen molar-refractivity contribution in [1.29, 1.82) is 0 Å². The van der Waals surface area contributed by atoms with Gasteiger partial charge in [-0.1, -0.05) is 24.3 Å². The van der Waals surface area contributed by atoms with Gasteiger partial charge in [-0.3, -0.25) is 9.59 Å². The molecule has 2 N–H and O–H groups in total. The minimum Gasteiger partial charge on any atom is -0.491 e. The molecule has 0 unspecified atom stereocenters. The molecule has 2 aromatic rings. The summed E-state index contributed by atoms with van der Waals surface area (Å²) in [5.41, 5.74) is 1.49. The van der Waals surface area contributed by atoms with E-state index >= 15 is 0 Å². The number of carboxylic acids is 2. The van der Waals surface area contributed by atoms with Crippen molar-refractivity contribution in [2.24, 2.45) is 11.8 Å². The predicted octanol–water partition coefficient (Wildman–Crippen LogP) is 2.82. The van der Waals surface area contributed by atoms with E-state index in [0.717, 1.165) is 11.1 Å². The minimum atomic E-state index is -1.13. The standard InChI is InChI=1S/C30H38O11/c31-29(32)27-25-21-1-5-23(6-2-21)40-19-17-38-15-13-36-11-9-35-10-12-37-14-16-39-18-20-41-24-7-3-22(4-8-24)26(25)28(27)30(33)34/h1-8,25-28H,9-20H2,(H,31,32)(H,33,34)/t25-,26+,27+,28-. The molecule has 0 radical (unpaired) electrons.